The van der Waals surface area contributed by atoms with E-state index in [4.69, 9.17) is 16.2 Å². The molecule has 2 amide bonds. The van der Waals surface area contributed by atoms with Gasteiger partial charge in [0.2, 0.25) is 0 Å². The van der Waals surface area contributed by atoms with Crippen LogP contribution in [0.5, 0.6) is 5.75 Å². The largest absolute Gasteiger partial charge is 0.489 e. The number of likely N-dealkylation sites (tertiary alicyclic amines) is 1. The van der Waals surface area contributed by atoms with Crippen LogP contribution in [0.15, 0.2) is 53.4 Å². The number of carboxylic acids is 1. The summed E-state index contributed by atoms with van der Waals surface area (Å²) in [7, 11) is -4.13. The average molecular weight is 451 g/mol. The van der Waals surface area contributed by atoms with Crippen LogP contribution in [-0.2, 0) is 21.2 Å². The summed E-state index contributed by atoms with van der Waals surface area (Å²) in [6.45, 7) is -0.381. The average Bonchev–Trinajstić information content (AvgIpc) is 2.73. The van der Waals surface area contributed by atoms with Crippen LogP contribution in [0.4, 0.5) is 9.18 Å². The predicted molar refractivity (Wildman–Crippen MR) is 108 cm³/mol. The number of rotatable bonds is 6. The molecule has 0 spiro atoms. The van der Waals surface area contributed by atoms with Gasteiger partial charge in [0.05, 0.1) is 16.7 Å². The Labute approximate surface area is 178 Å². The summed E-state index contributed by atoms with van der Waals surface area (Å²) in [6, 6.07) is 10.4. The number of halogens is 1. The number of hydrogen-bond donors (Lipinski definition) is 3. The molecule has 2 unspecified atom stereocenters. The summed E-state index contributed by atoms with van der Waals surface area (Å²) in [4.78, 5) is 24.1. The molecule has 9 nitrogen and oxygen atoms in total. The van der Waals surface area contributed by atoms with Crippen LogP contribution in [0.1, 0.15) is 12.0 Å². The van der Waals surface area contributed by atoms with E-state index in [9.17, 15) is 27.5 Å². The zero-order valence-electron chi connectivity index (χ0n) is 16.4. The Bertz CT molecular complexity index is 1080. The van der Waals surface area contributed by atoms with Crippen LogP contribution in [-0.4, -0.2) is 54.3 Å². The third-order valence-electron chi connectivity index (χ3n) is 5.24. The molecule has 1 aliphatic heterocycles. The second-order valence-corrected chi connectivity index (χ2v) is 9.44. The number of carboxylic acid groups (broad SMARTS) is 1. The Hall–Kier alpha value is -3.18. The SMILES string of the molecule is NC(=O)N1CCC(S(=O)(=O)c2ccc(OCc3ccc(F)cc3)cc2)C(N)(C(=O)O)C1. The van der Waals surface area contributed by atoms with Crippen molar-refractivity contribution in [2.75, 3.05) is 13.1 Å². The smallest absolute Gasteiger partial charge is 0.326 e. The van der Waals surface area contributed by atoms with Gasteiger partial charge in [0.15, 0.2) is 9.84 Å². The van der Waals surface area contributed by atoms with Crippen LogP contribution in [0.25, 0.3) is 0 Å². The van der Waals surface area contributed by atoms with E-state index in [1.165, 1.54) is 36.4 Å². The molecule has 0 aliphatic carbocycles. The van der Waals surface area contributed by atoms with E-state index in [2.05, 4.69) is 0 Å². The van der Waals surface area contributed by atoms with E-state index in [1.54, 1.807) is 12.1 Å². The molecule has 2 aromatic rings. The van der Waals surface area contributed by atoms with E-state index in [1.807, 2.05) is 0 Å². The number of aliphatic carboxylic acids is 1. The lowest BCUT2D eigenvalue weighted by molar-refractivity contribution is -0.144. The first-order valence-corrected chi connectivity index (χ1v) is 10.9. The number of carbonyl (C=O) groups is 2. The Kier molecular flexibility index (Phi) is 6.18. The van der Waals surface area contributed by atoms with Gasteiger partial charge in [0.25, 0.3) is 0 Å². The van der Waals surface area contributed by atoms with Crippen LogP contribution in [0.3, 0.4) is 0 Å². The molecule has 1 aliphatic rings. The van der Waals surface area contributed by atoms with Crippen LogP contribution in [0, 0.1) is 5.82 Å². The number of carbonyl (C=O) groups excluding carboxylic acids is 1. The van der Waals surface area contributed by atoms with E-state index < -0.39 is 39.2 Å². The Morgan fingerprint density at radius 3 is 2.32 bits per heavy atom. The van der Waals surface area contributed by atoms with Gasteiger partial charge in [0, 0.05) is 6.54 Å². The maximum atomic E-state index is 13.2. The van der Waals surface area contributed by atoms with Gasteiger partial charge in [-0.15, -0.1) is 0 Å². The fourth-order valence-corrected chi connectivity index (χ4v) is 5.48. The molecule has 2 aromatic carbocycles. The van der Waals surface area contributed by atoms with Crippen molar-refractivity contribution in [3.8, 4) is 5.75 Å². The van der Waals surface area contributed by atoms with Gasteiger partial charge in [0.1, 0.15) is 23.7 Å². The van der Waals surface area contributed by atoms with Crippen molar-refractivity contribution in [1.82, 2.24) is 4.90 Å². The van der Waals surface area contributed by atoms with Crippen LogP contribution >= 0.6 is 0 Å². The quantitative estimate of drug-likeness (QED) is 0.595. The first-order chi connectivity index (χ1) is 14.5. The summed E-state index contributed by atoms with van der Waals surface area (Å²) < 4.78 is 44.8. The number of hydrogen-bond acceptors (Lipinski definition) is 6. The minimum absolute atomic E-state index is 0.0235. The van der Waals surface area contributed by atoms with Gasteiger partial charge in [-0.2, -0.15) is 0 Å². The van der Waals surface area contributed by atoms with Gasteiger partial charge >= 0.3 is 12.0 Å². The zero-order chi connectivity index (χ0) is 22.8. The van der Waals surface area contributed by atoms with Crippen molar-refractivity contribution in [2.24, 2.45) is 11.5 Å². The first kappa shape index (κ1) is 22.5. The molecule has 5 N–H and O–H groups in total. The number of piperidine rings is 1. The molecule has 11 heteroatoms. The topological polar surface area (TPSA) is 153 Å². The number of ether oxygens (including phenoxy) is 1. The lowest BCUT2D eigenvalue weighted by Gasteiger charge is -2.41. The highest BCUT2D eigenvalue weighted by Crippen LogP contribution is 2.31. The molecule has 31 heavy (non-hydrogen) atoms. The third-order valence-corrected chi connectivity index (χ3v) is 7.58. The molecule has 0 bridgehead atoms. The van der Waals surface area contributed by atoms with E-state index in [-0.39, 0.29) is 30.3 Å². The minimum atomic E-state index is -4.13. The Balaban J connectivity index is 1.78. The number of benzene rings is 2. The lowest BCUT2D eigenvalue weighted by atomic mass is 9.89. The normalized spacial score (nSPS) is 21.5. The van der Waals surface area contributed by atoms with E-state index in [0.29, 0.717) is 5.75 Å². The second-order valence-electron chi connectivity index (χ2n) is 7.31. The Morgan fingerprint density at radius 2 is 1.77 bits per heavy atom. The molecular weight excluding hydrogens is 429 g/mol. The van der Waals surface area contributed by atoms with Gasteiger partial charge in [-0.1, -0.05) is 12.1 Å². The molecule has 1 saturated heterocycles. The Morgan fingerprint density at radius 1 is 1.16 bits per heavy atom. The number of amides is 2. The summed E-state index contributed by atoms with van der Waals surface area (Å²) >= 11 is 0. The number of nitrogens with two attached hydrogens (primary N) is 2. The van der Waals surface area contributed by atoms with E-state index >= 15 is 0 Å². The van der Waals surface area contributed by atoms with Crippen LogP contribution in [0.2, 0.25) is 0 Å². The molecule has 0 radical (unpaired) electrons. The molecule has 0 saturated carbocycles. The molecule has 1 heterocycles. The summed E-state index contributed by atoms with van der Waals surface area (Å²) in [5.74, 6) is -1.52. The summed E-state index contributed by atoms with van der Waals surface area (Å²) in [5.41, 5.74) is 9.70. The molecule has 3 rings (SSSR count). The van der Waals surface area contributed by atoms with Gasteiger partial charge in [-0.3, -0.25) is 4.79 Å². The maximum absolute atomic E-state index is 13.2. The highest BCUT2D eigenvalue weighted by atomic mass is 32.2. The number of urea groups is 1. The second kappa shape index (κ2) is 8.52. The highest BCUT2D eigenvalue weighted by Gasteiger charge is 2.53. The standard InChI is InChI=1S/C20H22FN3O6S/c21-14-3-1-13(2-4-14)11-30-15-5-7-16(8-6-15)31(28,29)17-9-10-24(19(22)27)12-20(17,23)18(25)26/h1-8,17H,9-12,23H2,(H2,22,27)(H,25,26). The van der Waals surface area contributed by atoms with Crippen molar-refractivity contribution in [2.45, 2.75) is 28.7 Å². The van der Waals surface area contributed by atoms with Gasteiger partial charge in [-0.05, 0) is 48.4 Å². The van der Waals surface area contributed by atoms with Crippen molar-refractivity contribution in [3.05, 3.63) is 59.9 Å². The number of nitrogens with zero attached hydrogens (tertiary/aromatic N) is 1. The summed E-state index contributed by atoms with van der Waals surface area (Å²) in [5, 5.41) is 8.16. The third kappa shape index (κ3) is 4.62. The van der Waals surface area contributed by atoms with Crippen molar-refractivity contribution in [1.29, 1.82) is 0 Å². The number of primary amides is 1. The summed E-state index contributed by atoms with van der Waals surface area (Å²) in [6.07, 6.45) is -0.170. The monoisotopic (exact) mass is 451 g/mol. The molecule has 166 valence electrons. The van der Waals surface area contributed by atoms with Crippen molar-refractivity contribution >= 4 is 21.8 Å². The first-order valence-electron chi connectivity index (χ1n) is 9.32. The van der Waals surface area contributed by atoms with Crippen molar-refractivity contribution in [3.63, 3.8) is 0 Å². The highest BCUT2D eigenvalue weighted by molar-refractivity contribution is 7.92. The predicted octanol–water partition coefficient (Wildman–Crippen LogP) is 1.11. The van der Waals surface area contributed by atoms with E-state index in [0.717, 1.165) is 10.5 Å². The maximum Gasteiger partial charge on any atom is 0.326 e. The molecule has 0 aromatic heterocycles. The fraction of sp³-hybridized carbons (Fsp3) is 0.300. The zero-order valence-corrected chi connectivity index (χ0v) is 17.2. The van der Waals surface area contributed by atoms with Gasteiger partial charge < -0.3 is 26.2 Å². The lowest BCUT2D eigenvalue weighted by Crippen LogP contribution is -2.69. The van der Waals surface area contributed by atoms with Crippen LogP contribution < -0.4 is 16.2 Å². The molecule has 2 atom stereocenters. The minimum Gasteiger partial charge on any atom is -0.489 e. The molecular formula is C20H22FN3O6S. The van der Waals surface area contributed by atoms with Gasteiger partial charge in [-0.25, -0.2) is 17.6 Å². The van der Waals surface area contributed by atoms with Crippen molar-refractivity contribution < 1.29 is 32.2 Å². The fourth-order valence-electron chi connectivity index (χ4n) is 3.49. The molecule has 1 fully saturated rings. The number of sulfone groups is 1.